The fourth-order valence-corrected chi connectivity index (χ4v) is 8.40. The molecule has 0 fully saturated rings. The zero-order chi connectivity index (χ0) is 39.9. The highest BCUT2D eigenvalue weighted by Crippen LogP contribution is 2.22. The molecule has 0 aromatic rings. The van der Waals surface area contributed by atoms with Crippen molar-refractivity contribution in [1.82, 2.24) is 4.90 Å². The third-order valence-corrected chi connectivity index (χ3v) is 12.4. The van der Waals surface area contributed by atoms with Crippen LogP contribution in [0.15, 0.2) is 0 Å². The van der Waals surface area contributed by atoms with Crippen molar-refractivity contribution in [3.63, 3.8) is 0 Å². The van der Waals surface area contributed by atoms with Crippen molar-refractivity contribution in [3.05, 3.63) is 0 Å². The number of ether oxygens (including phenoxy) is 2. The maximum atomic E-state index is 12.9. The summed E-state index contributed by atoms with van der Waals surface area (Å²) in [5.41, 5.74) is 0. The van der Waals surface area contributed by atoms with Gasteiger partial charge in [-0.2, -0.15) is 23.5 Å². The number of unbranched alkanes of at least 4 members (excludes halogenated alkanes) is 16. The number of aliphatic hydroxyl groups is 3. The van der Waals surface area contributed by atoms with Gasteiger partial charge in [0.05, 0.1) is 30.7 Å². The topological polar surface area (TPSA) is 117 Å². The van der Waals surface area contributed by atoms with Crippen LogP contribution >= 0.6 is 23.5 Å². The van der Waals surface area contributed by atoms with Gasteiger partial charge in [-0.1, -0.05) is 156 Å². The molecule has 0 aliphatic heterocycles. The Bertz CT molecular complexity index is 762. The quantitative estimate of drug-likeness (QED) is 0.0407. The van der Waals surface area contributed by atoms with Crippen LogP contribution in [0.3, 0.4) is 0 Å². The highest BCUT2D eigenvalue weighted by molar-refractivity contribution is 7.99. The Balaban J connectivity index is 4.45. The molecule has 0 aromatic heterocycles. The molecule has 0 saturated carbocycles. The lowest BCUT2D eigenvalue weighted by Crippen LogP contribution is -2.41. The van der Waals surface area contributed by atoms with E-state index in [-0.39, 0.29) is 30.4 Å². The van der Waals surface area contributed by atoms with Gasteiger partial charge in [0.15, 0.2) is 0 Å². The van der Waals surface area contributed by atoms with Crippen LogP contribution in [0.1, 0.15) is 182 Å². The van der Waals surface area contributed by atoms with Crippen molar-refractivity contribution in [2.45, 2.75) is 194 Å². The molecule has 4 atom stereocenters. The number of thioether (sulfide) groups is 2. The summed E-state index contributed by atoms with van der Waals surface area (Å²) in [6.45, 7) is 10.6. The second-order valence-electron chi connectivity index (χ2n) is 15.5. The van der Waals surface area contributed by atoms with Gasteiger partial charge in [-0.05, 0) is 25.7 Å². The zero-order valence-electron chi connectivity index (χ0n) is 35.6. The second-order valence-corrected chi connectivity index (χ2v) is 17.8. The second kappa shape index (κ2) is 40.7. The van der Waals surface area contributed by atoms with E-state index >= 15 is 0 Å². The van der Waals surface area contributed by atoms with Crippen LogP contribution in [0.2, 0.25) is 0 Å². The lowest BCUT2D eigenvalue weighted by molar-refractivity contribution is -0.149. The number of esters is 2. The average Bonchev–Trinajstić information content (AvgIpc) is 3.15. The first-order valence-corrected chi connectivity index (χ1v) is 24.8. The van der Waals surface area contributed by atoms with Gasteiger partial charge in [0, 0.05) is 42.6 Å². The van der Waals surface area contributed by atoms with Crippen molar-refractivity contribution in [2.75, 3.05) is 62.5 Å². The normalized spacial score (nSPS) is 13.9. The predicted octanol–water partition coefficient (Wildman–Crippen LogP) is 10.2. The Hall–Kier alpha value is -0.520. The number of carbonyl (C=O) groups is 2. The Morgan fingerprint density at radius 1 is 0.519 bits per heavy atom. The van der Waals surface area contributed by atoms with Crippen LogP contribution in [0.4, 0.5) is 0 Å². The van der Waals surface area contributed by atoms with Crippen LogP contribution in [0.5, 0.6) is 0 Å². The summed E-state index contributed by atoms with van der Waals surface area (Å²) < 4.78 is 11.4. The molecule has 0 bridgehead atoms. The Kier molecular flexibility index (Phi) is 40.3. The lowest BCUT2D eigenvalue weighted by Gasteiger charge is -2.26. The average molecular weight is 806 g/mol. The van der Waals surface area contributed by atoms with E-state index in [1.807, 2.05) is 4.90 Å². The Morgan fingerprint density at radius 3 is 1.17 bits per heavy atom. The molecule has 0 spiro atoms. The number of nitrogens with zero attached hydrogens (tertiary/aromatic N) is 1. The highest BCUT2D eigenvalue weighted by atomic mass is 32.2. The van der Waals surface area contributed by atoms with Gasteiger partial charge in [0.2, 0.25) is 0 Å². The van der Waals surface area contributed by atoms with E-state index in [9.17, 15) is 24.9 Å². The molecule has 0 aliphatic rings. The number of rotatable bonds is 42. The summed E-state index contributed by atoms with van der Waals surface area (Å²) >= 11 is 3.12. The van der Waals surface area contributed by atoms with Crippen LogP contribution in [-0.2, 0) is 19.1 Å². The van der Waals surface area contributed by atoms with Crippen molar-refractivity contribution >= 4 is 35.5 Å². The molecular formula is C44H87NO7S2. The third-order valence-electron chi connectivity index (χ3n) is 10.2. The largest absolute Gasteiger partial charge is 0.465 e. The van der Waals surface area contributed by atoms with E-state index in [0.29, 0.717) is 55.9 Å². The molecule has 0 aromatic carbocycles. The summed E-state index contributed by atoms with van der Waals surface area (Å²) in [5, 5.41) is 31.0. The Labute approximate surface area is 341 Å². The zero-order valence-corrected chi connectivity index (χ0v) is 37.2. The van der Waals surface area contributed by atoms with Gasteiger partial charge in [-0.25, -0.2) is 0 Å². The first kappa shape index (κ1) is 53.5. The van der Waals surface area contributed by atoms with Crippen LogP contribution in [0.25, 0.3) is 0 Å². The lowest BCUT2D eigenvalue weighted by atomic mass is 9.94. The number of hydrogen-bond donors (Lipinski definition) is 3. The van der Waals surface area contributed by atoms with E-state index < -0.39 is 12.2 Å². The van der Waals surface area contributed by atoms with Crippen molar-refractivity contribution < 1.29 is 34.4 Å². The maximum absolute atomic E-state index is 12.9. The van der Waals surface area contributed by atoms with Crippen molar-refractivity contribution in [1.29, 1.82) is 0 Å². The molecule has 0 heterocycles. The molecular weight excluding hydrogens is 719 g/mol. The van der Waals surface area contributed by atoms with Gasteiger partial charge in [0.1, 0.15) is 13.2 Å². The van der Waals surface area contributed by atoms with E-state index in [4.69, 9.17) is 9.47 Å². The standard InChI is InChI=1S/C44H87NO7S2/c1-5-9-13-17-19-23-27-39(25-21-15-11-7-3)43(49)51-31-33-53-37-41(47)35-45(29-30-46)36-42(48)38-54-34-32-52-44(50)40(26-22-16-12-8-4)28-24-20-18-14-10-6-2/h39-42,46-48H,5-38H2,1-4H3. The highest BCUT2D eigenvalue weighted by Gasteiger charge is 2.21. The summed E-state index contributed by atoms with van der Waals surface area (Å²) in [4.78, 5) is 27.7. The summed E-state index contributed by atoms with van der Waals surface area (Å²) in [6.07, 6.45) is 26.4. The molecule has 0 rings (SSSR count). The minimum atomic E-state index is -0.623. The van der Waals surface area contributed by atoms with Crippen LogP contribution in [-0.4, -0.2) is 107 Å². The summed E-state index contributed by atoms with van der Waals surface area (Å²) in [5.74, 6) is 2.10. The van der Waals surface area contributed by atoms with Crippen LogP contribution < -0.4 is 0 Å². The molecule has 8 nitrogen and oxygen atoms in total. The van der Waals surface area contributed by atoms with Crippen molar-refractivity contribution in [2.24, 2.45) is 11.8 Å². The number of carbonyl (C=O) groups excluding carboxylic acids is 2. The molecule has 0 aliphatic carbocycles. The van der Waals surface area contributed by atoms with E-state index in [2.05, 4.69) is 27.7 Å². The minimum Gasteiger partial charge on any atom is -0.465 e. The molecule has 3 N–H and O–H groups in total. The van der Waals surface area contributed by atoms with Gasteiger partial charge in [-0.15, -0.1) is 0 Å². The first-order chi connectivity index (χ1) is 26.3. The maximum Gasteiger partial charge on any atom is 0.308 e. The molecule has 10 heteroatoms. The summed E-state index contributed by atoms with van der Waals surface area (Å²) in [6, 6.07) is 0. The van der Waals surface area contributed by atoms with E-state index in [0.717, 1.165) is 51.4 Å². The molecule has 0 saturated heterocycles. The number of hydrogen-bond acceptors (Lipinski definition) is 10. The summed E-state index contributed by atoms with van der Waals surface area (Å²) in [7, 11) is 0. The SMILES string of the molecule is CCCCCCCCC(CCCCCC)C(=O)OCCSCC(O)CN(CCO)CC(O)CSCCOC(=O)C(CCCCCC)CCCCCCCC. The first-order valence-electron chi connectivity index (χ1n) is 22.5. The van der Waals surface area contributed by atoms with Gasteiger partial charge < -0.3 is 24.8 Å². The number of aliphatic hydroxyl groups excluding tert-OH is 3. The fraction of sp³-hybridized carbons (Fsp3) is 0.955. The monoisotopic (exact) mass is 806 g/mol. The Morgan fingerprint density at radius 2 is 0.833 bits per heavy atom. The smallest absolute Gasteiger partial charge is 0.308 e. The van der Waals surface area contributed by atoms with Crippen LogP contribution in [0, 0.1) is 11.8 Å². The molecule has 0 radical (unpaired) electrons. The van der Waals surface area contributed by atoms with E-state index in [1.165, 1.54) is 103 Å². The molecule has 0 amide bonds. The van der Waals surface area contributed by atoms with Gasteiger partial charge in [-0.3, -0.25) is 14.5 Å². The molecule has 322 valence electrons. The van der Waals surface area contributed by atoms with Gasteiger partial charge in [0.25, 0.3) is 0 Å². The minimum absolute atomic E-state index is 0.00699. The molecule has 4 unspecified atom stereocenters. The molecule has 54 heavy (non-hydrogen) atoms. The van der Waals surface area contributed by atoms with E-state index in [1.54, 1.807) is 23.5 Å². The van der Waals surface area contributed by atoms with Gasteiger partial charge >= 0.3 is 11.9 Å². The third kappa shape index (κ3) is 33.6. The predicted molar refractivity (Wildman–Crippen MR) is 233 cm³/mol. The fourth-order valence-electron chi connectivity index (χ4n) is 6.91. The van der Waals surface area contributed by atoms with Crippen molar-refractivity contribution in [3.8, 4) is 0 Å².